The van der Waals surface area contributed by atoms with Crippen molar-refractivity contribution in [2.24, 2.45) is 0 Å². The van der Waals surface area contributed by atoms with E-state index >= 15 is 0 Å². The molecule has 0 saturated carbocycles. The van der Waals surface area contributed by atoms with Crippen molar-refractivity contribution in [2.75, 3.05) is 0 Å². The summed E-state index contributed by atoms with van der Waals surface area (Å²) in [4.78, 5) is 0. The molecule has 0 radical (unpaired) electrons. The molecular formula is C13H20BrN3. The van der Waals surface area contributed by atoms with Gasteiger partial charge in [0.2, 0.25) is 0 Å². The summed E-state index contributed by atoms with van der Waals surface area (Å²) in [6.45, 7) is 6.55. The third-order valence-corrected chi connectivity index (χ3v) is 3.31. The van der Waals surface area contributed by atoms with Crippen LogP contribution in [-0.4, -0.2) is 11.7 Å². The van der Waals surface area contributed by atoms with E-state index in [0.29, 0.717) is 12.2 Å². The molecule has 2 atom stereocenters. The first-order chi connectivity index (χ1) is 7.94. The molecule has 3 nitrogen and oxygen atoms in total. The smallest absolute Gasteiger partial charge is 0.0726 e. The monoisotopic (exact) mass is 297 g/mol. The number of benzene rings is 1. The number of hydrogen-bond donors (Lipinski definition) is 3. The van der Waals surface area contributed by atoms with Crippen LogP contribution < -0.4 is 16.2 Å². The van der Waals surface area contributed by atoms with Crippen LogP contribution in [0.2, 0.25) is 0 Å². The van der Waals surface area contributed by atoms with Gasteiger partial charge in [-0.3, -0.25) is 5.32 Å². The molecule has 1 heterocycles. The van der Waals surface area contributed by atoms with E-state index in [9.17, 15) is 0 Å². The second-order valence-electron chi connectivity index (χ2n) is 5.58. The minimum Gasteiger partial charge on any atom is -0.296 e. The van der Waals surface area contributed by atoms with Gasteiger partial charge in [-0.1, -0.05) is 28.1 Å². The Morgan fingerprint density at radius 1 is 1.18 bits per heavy atom. The topological polar surface area (TPSA) is 36.1 Å². The summed E-state index contributed by atoms with van der Waals surface area (Å²) in [5.74, 6) is 0. The first-order valence-electron chi connectivity index (χ1n) is 5.98. The maximum Gasteiger partial charge on any atom is 0.0726 e. The lowest BCUT2D eigenvalue weighted by Gasteiger charge is -2.25. The van der Waals surface area contributed by atoms with Crippen molar-refractivity contribution in [2.45, 2.75) is 44.9 Å². The molecule has 1 aliphatic heterocycles. The van der Waals surface area contributed by atoms with Crippen LogP contribution in [0.15, 0.2) is 28.7 Å². The molecule has 1 aromatic rings. The molecule has 17 heavy (non-hydrogen) atoms. The molecule has 3 N–H and O–H groups in total. The normalized spacial score (nSPS) is 25.2. The summed E-state index contributed by atoms with van der Waals surface area (Å²) < 4.78 is 1.12. The zero-order valence-corrected chi connectivity index (χ0v) is 12.1. The molecule has 0 aliphatic carbocycles. The van der Waals surface area contributed by atoms with Crippen LogP contribution in [0.3, 0.4) is 0 Å². The standard InChI is InChI=1S/C13H20BrN3/c1-13(2,3)15-12-8-11(16-17-12)9-4-6-10(14)7-5-9/h4-7,11-12,15-17H,8H2,1-3H3. The minimum atomic E-state index is 0.133. The summed E-state index contributed by atoms with van der Waals surface area (Å²) in [7, 11) is 0. The lowest BCUT2D eigenvalue weighted by atomic mass is 10.0. The lowest BCUT2D eigenvalue weighted by Crippen LogP contribution is -2.49. The predicted molar refractivity (Wildman–Crippen MR) is 74.4 cm³/mol. The Morgan fingerprint density at radius 3 is 2.41 bits per heavy atom. The molecule has 2 rings (SSSR count). The summed E-state index contributed by atoms with van der Waals surface area (Å²) in [6.07, 6.45) is 1.38. The molecule has 0 amide bonds. The molecule has 2 unspecified atom stereocenters. The number of rotatable bonds is 2. The Balaban J connectivity index is 1.96. The van der Waals surface area contributed by atoms with Gasteiger partial charge in [0.05, 0.1) is 6.17 Å². The molecule has 0 aromatic heterocycles. The van der Waals surface area contributed by atoms with E-state index in [0.717, 1.165) is 10.9 Å². The van der Waals surface area contributed by atoms with Gasteiger partial charge < -0.3 is 0 Å². The molecule has 1 fully saturated rings. The zero-order chi connectivity index (χ0) is 12.5. The maximum absolute atomic E-state index is 3.55. The van der Waals surface area contributed by atoms with Crippen LogP contribution in [-0.2, 0) is 0 Å². The second-order valence-corrected chi connectivity index (χ2v) is 6.49. The second kappa shape index (κ2) is 5.06. The van der Waals surface area contributed by atoms with E-state index in [2.05, 4.69) is 77.1 Å². The first-order valence-corrected chi connectivity index (χ1v) is 6.77. The quantitative estimate of drug-likeness (QED) is 0.785. The fraction of sp³-hybridized carbons (Fsp3) is 0.538. The van der Waals surface area contributed by atoms with Gasteiger partial charge in [0, 0.05) is 16.1 Å². The number of halogens is 1. The Bertz CT molecular complexity index is 369. The van der Waals surface area contributed by atoms with Crippen molar-refractivity contribution >= 4 is 15.9 Å². The van der Waals surface area contributed by atoms with Crippen molar-refractivity contribution in [3.05, 3.63) is 34.3 Å². The van der Waals surface area contributed by atoms with E-state index in [-0.39, 0.29) is 5.54 Å². The van der Waals surface area contributed by atoms with Gasteiger partial charge >= 0.3 is 0 Å². The Hall–Kier alpha value is -0.420. The van der Waals surface area contributed by atoms with E-state index in [1.165, 1.54) is 5.56 Å². The lowest BCUT2D eigenvalue weighted by molar-refractivity contribution is 0.333. The molecule has 94 valence electrons. The summed E-state index contributed by atoms with van der Waals surface area (Å²) in [5, 5.41) is 3.55. The van der Waals surface area contributed by atoms with Gasteiger partial charge in [0.15, 0.2) is 0 Å². The number of hydrazine groups is 1. The SMILES string of the molecule is CC(C)(C)NC1CC(c2ccc(Br)cc2)NN1. The minimum absolute atomic E-state index is 0.133. The highest BCUT2D eigenvalue weighted by Gasteiger charge is 2.27. The van der Waals surface area contributed by atoms with Gasteiger partial charge in [0.25, 0.3) is 0 Å². The van der Waals surface area contributed by atoms with Gasteiger partial charge in [0.1, 0.15) is 0 Å². The van der Waals surface area contributed by atoms with Gasteiger partial charge in [-0.15, -0.1) is 0 Å². The van der Waals surface area contributed by atoms with Gasteiger partial charge in [-0.25, -0.2) is 10.9 Å². The van der Waals surface area contributed by atoms with Crippen LogP contribution in [0, 0.1) is 0 Å². The Morgan fingerprint density at radius 2 is 1.82 bits per heavy atom. The van der Waals surface area contributed by atoms with Gasteiger partial charge in [-0.2, -0.15) is 0 Å². The fourth-order valence-corrected chi connectivity index (χ4v) is 2.35. The van der Waals surface area contributed by atoms with Crippen molar-refractivity contribution in [3.8, 4) is 0 Å². The van der Waals surface area contributed by atoms with E-state index in [1.807, 2.05) is 0 Å². The Kier molecular flexibility index (Phi) is 3.88. The van der Waals surface area contributed by atoms with E-state index in [4.69, 9.17) is 0 Å². The first kappa shape index (κ1) is 13.0. The molecule has 0 bridgehead atoms. The van der Waals surface area contributed by atoms with Crippen molar-refractivity contribution in [1.29, 1.82) is 0 Å². The van der Waals surface area contributed by atoms with Crippen LogP contribution >= 0.6 is 15.9 Å². The molecule has 1 saturated heterocycles. The summed E-state index contributed by atoms with van der Waals surface area (Å²) in [5.41, 5.74) is 8.09. The third kappa shape index (κ3) is 3.78. The van der Waals surface area contributed by atoms with Crippen molar-refractivity contribution in [1.82, 2.24) is 16.2 Å². The van der Waals surface area contributed by atoms with Gasteiger partial charge in [-0.05, 0) is 44.9 Å². The maximum atomic E-state index is 3.55. The highest BCUT2D eigenvalue weighted by Crippen LogP contribution is 2.23. The third-order valence-electron chi connectivity index (χ3n) is 2.78. The van der Waals surface area contributed by atoms with Crippen LogP contribution in [0.1, 0.15) is 38.8 Å². The molecule has 0 spiro atoms. The molecule has 1 aromatic carbocycles. The predicted octanol–water partition coefficient (Wildman–Crippen LogP) is 2.70. The number of hydrogen-bond acceptors (Lipinski definition) is 3. The molecular weight excluding hydrogens is 278 g/mol. The average molecular weight is 298 g/mol. The molecule has 1 aliphatic rings. The van der Waals surface area contributed by atoms with Crippen LogP contribution in [0.25, 0.3) is 0 Å². The molecule has 4 heteroatoms. The summed E-state index contributed by atoms with van der Waals surface area (Å²) >= 11 is 3.46. The highest BCUT2D eigenvalue weighted by molar-refractivity contribution is 9.10. The number of nitrogens with one attached hydrogen (secondary N) is 3. The summed E-state index contributed by atoms with van der Waals surface area (Å²) in [6, 6.07) is 8.86. The average Bonchev–Trinajstić information content (AvgIpc) is 2.64. The van der Waals surface area contributed by atoms with Crippen molar-refractivity contribution < 1.29 is 0 Å². The fourth-order valence-electron chi connectivity index (χ4n) is 2.09. The largest absolute Gasteiger partial charge is 0.296 e. The highest BCUT2D eigenvalue weighted by atomic mass is 79.9. The Labute approximate surface area is 111 Å². The van der Waals surface area contributed by atoms with E-state index < -0.39 is 0 Å². The zero-order valence-electron chi connectivity index (χ0n) is 10.5. The van der Waals surface area contributed by atoms with Crippen molar-refractivity contribution in [3.63, 3.8) is 0 Å². The van der Waals surface area contributed by atoms with Crippen LogP contribution in [0.4, 0.5) is 0 Å². The van der Waals surface area contributed by atoms with E-state index in [1.54, 1.807) is 0 Å². The van der Waals surface area contributed by atoms with Crippen LogP contribution in [0.5, 0.6) is 0 Å².